The summed E-state index contributed by atoms with van der Waals surface area (Å²) in [5.41, 5.74) is 0. The Morgan fingerprint density at radius 2 is 1.80 bits per heavy atom. The van der Waals surface area contributed by atoms with Gasteiger partial charge in [-0.05, 0) is 26.3 Å². The van der Waals surface area contributed by atoms with Crippen molar-refractivity contribution in [3.05, 3.63) is 0 Å². The normalized spacial score (nSPS) is 15.3. The number of hydrogen-bond donors (Lipinski definition) is 3. The molecule has 0 rings (SSSR count). The molecule has 0 aliphatic heterocycles. The summed E-state index contributed by atoms with van der Waals surface area (Å²) in [6.45, 7) is 2.13. The van der Waals surface area contributed by atoms with Gasteiger partial charge in [0.2, 0.25) is 0 Å². The van der Waals surface area contributed by atoms with Gasteiger partial charge in [0.25, 0.3) is 0 Å². The van der Waals surface area contributed by atoms with Crippen molar-refractivity contribution in [3.63, 3.8) is 0 Å². The number of carboxylic acids is 1. The summed E-state index contributed by atoms with van der Waals surface area (Å²) in [5.74, 6) is -0.904. The second-order valence-corrected chi connectivity index (χ2v) is 3.88. The second kappa shape index (κ2) is 7.62. The van der Waals surface area contributed by atoms with E-state index in [2.05, 4.69) is 0 Å². The van der Waals surface area contributed by atoms with Gasteiger partial charge in [-0.1, -0.05) is 6.92 Å². The molecule has 3 N–H and O–H groups in total. The Kier molecular flexibility index (Phi) is 7.29. The van der Waals surface area contributed by atoms with E-state index in [9.17, 15) is 15.0 Å². The molecular weight excluding hydrogens is 198 g/mol. The number of hydrogen-bond acceptors (Lipinski definition) is 4. The monoisotopic (exact) mass is 219 g/mol. The highest BCUT2D eigenvalue weighted by atomic mass is 16.4. The highest BCUT2D eigenvalue weighted by Crippen LogP contribution is 2.05. The van der Waals surface area contributed by atoms with Crippen LogP contribution in [0.4, 0.5) is 0 Å². The van der Waals surface area contributed by atoms with Crippen LogP contribution >= 0.6 is 0 Å². The average molecular weight is 219 g/mol. The molecule has 0 saturated heterocycles. The molecule has 0 amide bonds. The lowest BCUT2D eigenvalue weighted by atomic mass is 10.1. The van der Waals surface area contributed by atoms with Crippen LogP contribution in [0.25, 0.3) is 0 Å². The minimum atomic E-state index is -0.904. The van der Waals surface area contributed by atoms with Crippen LogP contribution in [0, 0.1) is 0 Å². The third kappa shape index (κ3) is 8.35. The van der Waals surface area contributed by atoms with Gasteiger partial charge in [0.15, 0.2) is 0 Å². The van der Waals surface area contributed by atoms with E-state index >= 15 is 0 Å². The van der Waals surface area contributed by atoms with Crippen molar-refractivity contribution in [3.8, 4) is 0 Å². The molecule has 0 bridgehead atoms. The zero-order valence-corrected chi connectivity index (χ0v) is 9.39. The number of nitrogens with zero attached hydrogens (tertiary/aromatic N) is 1. The lowest BCUT2D eigenvalue weighted by Crippen LogP contribution is -2.33. The molecule has 0 heterocycles. The number of carboxylic acid groups (broad SMARTS) is 1. The van der Waals surface area contributed by atoms with Crippen LogP contribution in [0.15, 0.2) is 0 Å². The molecule has 0 unspecified atom stereocenters. The molecule has 15 heavy (non-hydrogen) atoms. The first kappa shape index (κ1) is 14.3. The van der Waals surface area contributed by atoms with Crippen LogP contribution in [-0.2, 0) is 4.79 Å². The average Bonchev–Trinajstić information content (AvgIpc) is 2.12. The number of aliphatic carboxylic acids is 1. The van der Waals surface area contributed by atoms with Gasteiger partial charge >= 0.3 is 5.97 Å². The van der Waals surface area contributed by atoms with Crippen LogP contribution in [0.5, 0.6) is 0 Å². The van der Waals surface area contributed by atoms with Crippen LogP contribution < -0.4 is 0 Å². The Morgan fingerprint density at radius 1 is 1.27 bits per heavy atom. The first-order valence-corrected chi connectivity index (χ1v) is 5.22. The molecule has 5 heteroatoms. The van der Waals surface area contributed by atoms with Gasteiger partial charge in [-0.3, -0.25) is 9.69 Å². The van der Waals surface area contributed by atoms with Crippen molar-refractivity contribution < 1.29 is 20.1 Å². The molecule has 0 aromatic carbocycles. The third-order valence-corrected chi connectivity index (χ3v) is 2.23. The van der Waals surface area contributed by atoms with E-state index in [4.69, 9.17) is 5.11 Å². The molecule has 0 saturated carbocycles. The number of rotatable bonds is 8. The van der Waals surface area contributed by atoms with Crippen molar-refractivity contribution >= 4 is 5.97 Å². The van der Waals surface area contributed by atoms with Crippen LogP contribution in [0.2, 0.25) is 0 Å². The summed E-state index contributed by atoms with van der Waals surface area (Å²) in [5, 5.41) is 27.3. The number of carbonyl (C=O) groups is 1. The largest absolute Gasteiger partial charge is 0.480 e. The minimum Gasteiger partial charge on any atom is -0.480 e. The topological polar surface area (TPSA) is 81.0 Å². The molecule has 0 aliphatic carbocycles. The van der Waals surface area contributed by atoms with E-state index in [-0.39, 0.29) is 12.6 Å². The molecule has 0 aromatic rings. The summed E-state index contributed by atoms with van der Waals surface area (Å²) < 4.78 is 0. The lowest BCUT2D eigenvalue weighted by Gasteiger charge is -2.19. The van der Waals surface area contributed by atoms with E-state index in [1.165, 1.54) is 0 Å². The summed E-state index contributed by atoms with van der Waals surface area (Å²) in [4.78, 5) is 11.9. The molecule has 0 spiro atoms. The SMILES string of the molecule is CC[C@@H](O)CC[C@@H](O)CN(C)CC(=O)O. The van der Waals surface area contributed by atoms with Crippen LogP contribution in [0.1, 0.15) is 26.2 Å². The predicted molar refractivity (Wildman–Crippen MR) is 56.7 cm³/mol. The Hall–Kier alpha value is -0.650. The summed E-state index contributed by atoms with van der Waals surface area (Å²) >= 11 is 0. The van der Waals surface area contributed by atoms with Crippen molar-refractivity contribution in [2.75, 3.05) is 20.1 Å². The van der Waals surface area contributed by atoms with Gasteiger partial charge in [0.05, 0.1) is 18.8 Å². The molecular formula is C10H21NO4. The van der Waals surface area contributed by atoms with Gasteiger partial charge in [-0.2, -0.15) is 0 Å². The standard InChI is InChI=1S/C10H21NO4/c1-3-8(12)4-5-9(13)6-11(2)7-10(14)15/h8-9,12-13H,3-7H2,1-2H3,(H,14,15)/t8-,9-/m1/s1. The fourth-order valence-electron chi connectivity index (χ4n) is 1.34. The first-order chi connectivity index (χ1) is 6.95. The Labute approximate surface area is 90.3 Å². The highest BCUT2D eigenvalue weighted by Gasteiger charge is 2.12. The summed E-state index contributed by atoms with van der Waals surface area (Å²) in [7, 11) is 1.65. The Morgan fingerprint density at radius 3 is 2.27 bits per heavy atom. The summed E-state index contributed by atoms with van der Waals surface area (Å²) in [6, 6.07) is 0. The molecule has 0 aliphatic rings. The van der Waals surface area contributed by atoms with E-state index in [1.807, 2.05) is 6.92 Å². The Balaban J connectivity index is 3.63. The van der Waals surface area contributed by atoms with Crippen LogP contribution in [0.3, 0.4) is 0 Å². The Bertz CT molecular complexity index is 186. The maximum Gasteiger partial charge on any atom is 0.317 e. The van der Waals surface area contributed by atoms with E-state index in [1.54, 1.807) is 11.9 Å². The fourth-order valence-corrected chi connectivity index (χ4v) is 1.34. The maximum atomic E-state index is 10.3. The minimum absolute atomic E-state index is 0.0760. The smallest absolute Gasteiger partial charge is 0.317 e. The molecule has 5 nitrogen and oxygen atoms in total. The number of aliphatic hydroxyl groups excluding tert-OH is 2. The van der Waals surface area contributed by atoms with Crippen molar-refractivity contribution in [2.45, 2.75) is 38.4 Å². The fraction of sp³-hybridized carbons (Fsp3) is 0.900. The number of likely N-dealkylation sites (N-methyl/N-ethyl adjacent to an activating group) is 1. The number of aliphatic hydroxyl groups is 2. The summed E-state index contributed by atoms with van der Waals surface area (Å²) in [6.07, 6.45) is 0.787. The van der Waals surface area contributed by atoms with Gasteiger partial charge in [-0.15, -0.1) is 0 Å². The predicted octanol–water partition coefficient (Wildman–Crippen LogP) is -0.0852. The van der Waals surface area contributed by atoms with E-state index in [0.717, 1.165) is 0 Å². The maximum absolute atomic E-state index is 10.3. The second-order valence-electron chi connectivity index (χ2n) is 3.88. The van der Waals surface area contributed by atoms with Gasteiger partial charge < -0.3 is 15.3 Å². The van der Waals surface area contributed by atoms with Crippen molar-refractivity contribution in [1.29, 1.82) is 0 Å². The van der Waals surface area contributed by atoms with Crippen molar-refractivity contribution in [1.82, 2.24) is 4.90 Å². The molecule has 0 aromatic heterocycles. The van der Waals surface area contributed by atoms with Gasteiger partial charge in [0.1, 0.15) is 0 Å². The molecule has 90 valence electrons. The highest BCUT2D eigenvalue weighted by molar-refractivity contribution is 5.68. The lowest BCUT2D eigenvalue weighted by molar-refractivity contribution is -0.138. The van der Waals surface area contributed by atoms with Crippen LogP contribution in [-0.4, -0.2) is 58.5 Å². The van der Waals surface area contributed by atoms with E-state index < -0.39 is 12.1 Å². The zero-order valence-electron chi connectivity index (χ0n) is 9.39. The van der Waals surface area contributed by atoms with Crippen molar-refractivity contribution in [2.24, 2.45) is 0 Å². The molecule has 2 atom stereocenters. The molecule has 0 radical (unpaired) electrons. The van der Waals surface area contributed by atoms with E-state index in [0.29, 0.717) is 25.8 Å². The van der Waals surface area contributed by atoms with Gasteiger partial charge in [-0.25, -0.2) is 0 Å². The zero-order chi connectivity index (χ0) is 11.8. The first-order valence-electron chi connectivity index (χ1n) is 5.22. The molecule has 0 fully saturated rings. The quantitative estimate of drug-likeness (QED) is 0.532. The third-order valence-electron chi connectivity index (χ3n) is 2.23. The van der Waals surface area contributed by atoms with Gasteiger partial charge in [0, 0.05) is 6.54 Å².